The Hall–Kier alpha value is -0.610. The van der Waals surface area contributed by atoms with Gasteiger partial charge in [-0.15, -0.1) is 0 Å². The topological polar surface area (TPSA) is 55.6 Å². The Balaban J connectivity index is 0.00000256. The van der Waals surface area contributed by atoms with Gasteiger partial charge < -0.3 is 10.5 Å². The van der Waals surface area contributed by atoms with Crippen LogP contribution in [0.4, 0.5) is 0 Å². The summed E-state index contributed by atoms with van der Waals surface area (Å²) in [5, 5.41) is 0. The Morgan fingerprint density at radius 1 is 1.50 bits per heavy atom. The molecule has 0 aliphatic carbocycles. The Labute approximate surface area is 99.6 Å². The van der Waals surface area contributed by atoms with Gasteiger partial charge in [0.05, 0.1) is 12.6 Å². The summed E-state index contributed by atoms with van der Waals surface area (Å²) in [6, 6.07) is 0. The molecule has 4 nitrogen and oxygen atoms in total. The Bertz CT molecular complexity index is 217. The van der Waals surface area contributed by atoms with E-state index in [0.29, 0.717) is 12.6 Å². The average molecular weight is 230 g/mol. The average Bonchev–Trinajstić information content (AvgIpc) is 2.19. The van der Waals surface area contributed by atoms with E-state index in [-0.39, 0.29) is 7.33 Å². The lowest BCUT2D eigenvalue weighted by Gasteiger charge is -2.31. The molecule has 1 aliphatic rings. The molecule has 0 atom stereocenters. The largest absolute Gasteiger partial charge is 0.379 e. The minimum absolute atomic E-state index is 0. The third-order valence-electron chi connectivity index (χ3n) is 3.06. The Morgan fingerprint density at radius 3 is 2.62 bits per heavy atom. The number of amides is 1. The van der Waals surface area contributed by atoms with Gasteiger partial charge in [-0.1, -0.05) is 0 Å². The quantitative estimate of drug-likeness (QED) is 0.747. The van der Waals surface area contributed by atoms with Crippen molar-refractivity contribution in [3.63, 3.8) is 0 Å². The summed E-state index contributed by atoms with van der Waals surface area (Å²) in [5.74, 6) is 0.532. The normalized spacial score (nSPS) is 19.2. The summed E-state index contributed by atoms with van der Waals surface area (Å²) >= 11 is 0. The van der Waals surface area contributed by atoms with Crippen LogP contribution in [0.5, 0.6) is 0 Å². The molecule has 1 fully saturated rings. The molecular weight excluding hydrogens is 204 g/mol. The standard InChI is InChI=1S/C12H24N2O2.H2/c1-10(2)16-8-5-11-3-6-14(7-4-11)9-12(13)15;/h10-11H,3-9H2,1-2H3,(H2,13,15);1H. The van der Waals surface area contributed by atoms with Gasteiger partial charge in [-0.25, -0.2) is 0 Å². The minimum atomic E-state index is -0.221. The third-order valence-corrected chi connectivity index (χ3v) is 3.06. The van der Waals surface area contributed by atoms with E-state index in [2.05, 4.69) is 18.7 Å². The summed E-state index contributed by atoms with van der Waals surface area (Å²) in [7, 11) is 0. The fourth-order valence-electron chi connectivity index (χ4n) is 2.12. The van der Waals surface area contributed by atoms with Gasteiger partial charge in [0.2, 0.25) is 5.91 Å². The van der Waals surface area contributed by atoms with Crippen molar-refractivity contribution in [3.8, 4) is 0 Å². The predicted molar refractivity (Wildman–Crippen MR) is 66.2 cm³/mol. The lowest BCUT2D eigenvalue weighted by atomic mass is 9.94. The van der Waals surface area contributed by atoms with E-state index in [4.69, 9.17) is 10.5 Å². The Kier molecular flexibility index (Phi) is 5.77. The van der Waals surface area contributed by atoms with Crippen LogP contribution in [-0.2, 0) is 9.53 Å². The van der Waals surface area contributed by atoms with Gasteiger partial charge in [0.15, 0.2) is 0 Å². The zero-order valence-corrected chi connectivity index (χ0v) is 10.4. The molecule has 96 valence electrons. The molecule has 0 aromatic carbocycles. The number of hydrogen-bond acceptors (Lipinski definition) is 3. The number of rotatable bonds is 6. The number of hydrogen-bond donors (Lipinski definition) is 1. The molecule has 0 aromatic heterocycles. The lowest BCUT2D eigenvalue weighted by Crippen LogP contribution is -2.39. The summed E-state index contributed by atoms with van der Waals surface area (Å²) in [5.41, 5.74) is 5.17. The van der Waals surface area contributed by atoms with Gasteiger partial charge in [-0.05, 0) is 52.1 Å². The molecule has 2 N–H and O–H groups in total. The van der Waals surface area contributed by atoms with Gasteiger partial charge in [-0.2, -0.15) is 0 Å². The van der Waals surface area contributed by atoms with Crippen molar-refractivity contribution in [2.24, 2.45) is 11.7 Å². The highest BCUT2D eigenvalue weighted by Gasteiger charge is 2.19. The molecule has 1 rings (SSSR count). The number of nitrogens with two attached hydrogens (primary N) is 1. The van der Waals surface area contributed by atoms with Crippen molar-refractivity contribution in [2.75, 3.05) is 26.2 Å². The first-order chi connectivity index (χ1) is 7.58. The van der Waals surface area contributed by atoms with Crippen molar-refractivity contribution in [2.45, 2.75) is 39.2 Å². The van der Waals surface area contributed by atoms with E-state index in [9.17, 15) is 4.79 Å². The molecule has 0 radical (unpaired) electrons. The smallest absolute Gasteiger partial charge is 0.231 e. The molecule has 1 saturated heterocycles. The molecule has 1 heterocycles. The van der Waals surface area contributed by atoms with Crippen molar-refractivity contribution in [1.82, 2.24) is 4.90 Å². The van der Waals surface area contributed by atoms with Crippen molar-refractivity contribution >= 4 is 5.91 Å². The molecule has 1 aliphatic heterocycles. The van der Waals surface area contributed by atoms with Crippen LogP contribution in [0.1, 0.15) is 34.5 Å². The van der Waals surface area contributed by atoms with Crippen LogP contribution in [0, 0.1) is 5.92 Å². The second kappa shape index (κ2) is 6.86. The van der Waals surface area contributed by atoms with Crippen molar-refractivity contribution in [3.05, 3.63) is 0 Å². The fraction of sp³-hybridized carbons (Fsp3) is 0.917. The molecule has 0 aromatic rings. The first kappa shape index (κ1) is 13.5. The fourth-order valence-corrected chi connectivity index (χ4v) is 2.12. The summed E-state index contributed by atoms with van der Waals surface area (Å²) < 4.78 is 5.55. The van der Waals surface area contributed by atoms with E-state index in [1.165, 1.54) is 0 Å². The number of carbonyl (C=O) groups is 1. The lowest BCUT2D eigenvalue weighted by molar-refractivity contribution is -0.119. The van der Waals surface area contributed by atoms with Crippen molar-refractivity contribution < 1.29 is 11.0 Å². The number of ether oxygens (including phenoxy) is 1. The molecule has 0 unspecified atom stereocenters. The number of carbonyl (C=O) groups excluding carboxylic acids is 1. The minimum Gasteiger partial charge on any atom is -0.379 e. The first-order valence-electron chi connectivity index (χ1n) is 6.20. The van der Waals surface area contributed by atoms with Crippen LogP contribution < -0.4 is 5.73 Å². The van der Waals surface area contributed by atoms with E-state index in [1.54, 1.807) is 0 Å². The molecule has 16 heavy (non-hydrogen) atoms. The van der Waals surface area contributed by atoms with Crippen LogP contribution in [0.2, 0.25) is 0 Å². The zero-order valence-electron chi connectivity index (χ0n) is 10.4. The van der Waals surface area contributed by atoms with Crippen LogP contribution in [0.15, 0.2) is 0 Å². The van der Waals surface area contributed by atoms with Crippen LogP contribution in [0.3, 0.4) is 0 Å². The highest BCUT2D eigenvalue weighted by Crippen LogP contribution is 2.20. The third kappa shape index (κ3) is 5.47. The summed E-state index contributed by atoms with van der Waals surface area (Å²) in [6.07, 6.45) is 3.79. The van der Waals surface area contributed by atoms with E-state index in [1.807, 2.05) is 0 Å². The highest BCUT2D eigenvalue weighted by atomic mass is 16.5. The van der Waals surface area contributed by atoms with Crippen LogP contribution >= 0.6 is 0 Å². The summed E-state index contributed by atoms with van der Waals surface area (Å²) in [4.78, 5) is 12.9. The second-order valence-corrected chi connectivity index (χ2v) is 4.89. The molecule has 0 bridgehead atoms. The van der Waals surface area contributed by atoms with E-state index in [0.717, 1.165) is 44.9 Å². The predicted octanol–water partition coefficient (Wildman–Crippen LogP) is 1.24. The Morgan fingerprint density at radius 2 is 2.12 bits per heavy atom. The second-order valence-electron chi connectivity index (χ2n) is 4.89. The highest BCUT2D eigenvalue weighted by molar-refractivity contribution is 5.75. The molecule has 0 spiro atoms. The monoisotopic (exact) mass is 230 g/mol. The first-order valence-corrected chi connectivity index (χ1v) is 6.20. The SMILES string of the molecule is CC(C)OCCC1CCN(CC(N)=O)CC1.[HH]. The maximum atomic E-state index is 10.8. The van der Waals surface area contributed by atoms with Gasteiger partial charge in [0.25, 0.3) is 0 Å². The van der Waals surface area contributed by atoms with Gasteiger partial charge >= 0.3 is 0 Å². The van der Waals surface area contributed by atoms with Gasteiger partial charge in [0, 0.05) is 8.03 Å². The maximum absolute atomic E-state index is 10.8. The van der Waals surface area contributed by atoms with Gasteiger partial charge in [0.1, 0.15) is 0 Å². The molecule has 1 amide bonds. The number of piperidine rings is 1. The van der Waals surface area contributed by atoms with Crippen molar-refractivity contribution in [1.29, 1.82) is 0 Å². The number of likely N-dealkylation sites (tertiary alicyclic amines) is 1. The summed E-state index contributed by atoms with van der Waals surface area (Å²) in [6.45, 7) is 7.39. The van der Waals surface area contributed by atoms with Crippen LogP contribution in [-0.4, -0.2) is 43.2 Å². The maximum Gasteiger partial charge on any atom is 0.231 e. The van der Waals surface area contributed by atoms with Crippen LogP contribution in [0.25, 0.3) is 0 Å². The molecular formula is C12H26N2O2. The van der Waals surface area contributed by atoms with E-state index >= 15 is 0 Å². The zero-order chi connectivity index (χ0) is 12.0. The number of nitrogens with zero attached hydrogens (tertiary/aromatic N) is 1. The molecule has 0 saturated carbocycles. The van der Waals surface area contributed by atoms with E-state index < -0.39 is 0 Å². The number of primary amides is 1. The van der Waals surface area contributed by atoms with Gasteiger partial charge in [-0.3, -0.25) is 9.69 Å². The molecule has 4 heteroatoms.